The van der Waals surface area contributed by atoms with E-state index < -0.39 is 29.6 Å². The summed E-state index contributed by atoms with van der Waals surface area (Å²) in [5.41, 5.74) is 2.74. The molecule has 8 nitrogen and oxygen atoms in total. The smallest absolute Gasteiger partial charge is 0.320 e. The van der Waals surface area contributed by atoms with Crippen molar-refractivity contribution in [3.05, 3.63) is 47.3 Å². The van der Waals surface area contributed by atoms with Gasteiger partial charge >= 0.3 is 6.18 Å². The van der Waals surface area contributed by atoms with Gasteiger partial charge in [-0.3, -0.25) is 29.9 Å². The Balaban J connectivity index is 2.24. The first-order valence-corrected chi connectivity index (χ1v) is 7.18. The van der Waals surface area contributed by atoms with Crippen LogP contribution in [0.15, 0.2) is 30.3 Å². The molecular weight excluding hydrogens is 355 g/mol. The summed E-state index contributed by atoms with van der Waals surface area (Å²) in [4.78, 5) is 35.2. The molecule has 0 aliphatic carbocycles. The molecule has 2 aromatic rings. The van der Waals surface area contributed by atoms with Crippen molar-refractivity contribution in [3.8, 4) is 0 Å². The normalized spacial score (nSPS) is 11.0. The summed E-state index contributed by atoms with van der Waals surface area (Å²) in [5, 5.41) is 5.62. The SMILES string of the molecule is CC(=O)NNC(=O)c1ccccc1NC(=O)c1cc(C(F)(F)F)nn1C. The minimum Gasteiger partial charge on any atom is -0.320 e. The van der Waals surface area contributed by atoms with Crippen molar-refractivity contribution < 1.29 is 27.6 Å². The van der Waals surface area contributed by atoms with Crippen LogP contribution < -0.4 is 16.2 Å². The van der Waals surface area contributed by atoms with Gasteiger partial charge in [-0.25, -0.2) is 0 Å². The van der Waals surface area contributed by atoms with Crippen LogP contribution in [-0.4, -0.2) is 27.5 Å². The second kappa shape index (κ2) is 7.25. The van der Waals surface area contributed by atoms with Crippen molar-refractivity contribution >= 4 is 23.4 Å². The van der Waals surface area contributed by atoms with E-state index in [9.17, 15) is 27.6 Å². The van der Waals surface area contributed by atoms with E-state index in [2.05, 4.69) is 21.3 Å². The summed E-state index contributed by atoms with van der Waals surface area (Å²) in [5.74, 6) is -2.10. The predicted octanol–water partition coefficient (Wildman–Crippen LogP) is 1.47. The number of nitrogens with zero attached hydrogens (tertiary/aromatic N) is 2. The van der Waals surface area contributed by atoms with Gasteiger partial charge in [0.1, 0.15) is 5.69 Å². The zero-order chi connectivity index (χ0) is 19.5. The third kappa shape index (κ3) is 4.37. The summed E-state index contributed by atoms with van der Waals surface area (Å²) in [6, 6.07) is 6.41. The molecule has 0 atom stereocenters. The summed E-state index contributed by atoms with van der Waals surface area (Å²) < 4.78 is 38.9. The number of hydrogen-bond donors (Lipinski definition) is 3. The molecule has 0 bridgehead atoms. The minimum absolute atomic E-state index is 0.00723. The van der Waals surface area contributed by atoms with Crippen LogP contribution in [-0.2, 0) is 18.0 Å². The van der Waals surface area contributed by atoms with Gasteiger partial charge in [-0.15, -0.1) is 0 Å². The summed E-state index contributed by atoms with van der Waals surface area (Å²) in [6.07, 6.45) is -4.69. The molecular formula is C15H14F3N5O3. The fourth-order valence-corrected chi connectivity index (χ4v) is 2.01. The van der Waals surface area contributed by atoms with Crippen LogP contribution in [0.2, 0.25) is 0 Å². The second-order valence-electron chi connectivity index (χ2n) is 5.17. The van der Waals surface area contributed by atoms with Gasteiger partial charge in [-0.2, -0.15) is 18.3 Å². The number of anilines is 1. The predicted molar refractivity (Wildman–Crippen MR) is 83.9 cm³/mol. The molecule has 0 aliphatic rings. The van der Waals surface area contributed by atoms with Crippen LogP contribution in [0.4, 0.5) is 18.9 Å². The number of rotatable bonds is 3. The number of halogens is 3. The largest absolute Gasteiger partial charge is 0.435 e. The molecule has 3 amide bonds. The van der Waals surface area contributed by atoms with Crippen LogP contribution in [0.5, 0.6) is 0 Å². The van der Waals surface area contributed by atoms with E-state index in [1.54, 1.807) is 0 Å². The van der Waals surface area contributed by atoms with E-state index in [1.165, 1.54) is 38.2 Å². The number of carbonyl (C=O) groups is 3. The number of hydrazine groups is 1. The number of carbonyl (C=O) groups excluding carboxylic acids is 3. The molecule has 138 valence electrons. The zero-order valence-corrected chi connectivity index (χ0v) is 13.6. The molecule has 0 unspecified atom stereocenters. The maximum Gasteiger partial charge on any atom is 0.435 e. The van der Waals surface area contributed by atoms with Crippen LogP contribution >= 0.6 is 0 Å². The number of amides is 3. The molecule has 1 aromatic heterocycles. The number of hydrogen-bond acceptors (Lipinski definition) is 4. The lowest BCUT2D eigenvalue weighted by molar-refractivity contribution is -0.141. The average molecular weight is 369 g/mol. The van der Waals surface area contributed by atoms with Crippen LogP contribution in [0, 0.1) is 0 Å². The van der Waals surface area contributed by atoms with E-state index in [4.69, 9.17) is 0 Å². The van der Waals surface area contributed by atoms with Crippen LogP contribution in [0.25, 0.3) is 0 Å². The summed E-state index contributed by atoms with van der Waals surface area (Å²) in [7, 11) is 1.19. The molecule has 11 heteroatoms. The lowest BCUT2D eigenvalue weighted by atomic mass is 10.1. The van der Waals surface area contributed by atoms with E-state index >= 15 is 0 Å². The Morgan fingerprint density at radius 3 is 2.31 bits per heavy atom. The number of aromatic nitrogens is 2. The van der Waals surface area contributed by atoms with Gasteiger partial charge < -0.3 is 5.32 Å². The van der Waals surface area contributed by atoms with Crippen molar-refractivity contribution in [2.24, 2.45) is 7.05 Å². The Kier molecular flexibility index (Phi) is 5.29. The Morgan fingerprint density at radius 2 is 1.73 bits per heavy atom. The number of benzene rings is 1. The highest BCUT2D eigenvalue weighted by atomic mass is 19.4. The van der Waals surface area contributed by atoms with Gasteiger partial charge in [0, 0.05) is 20.0 Å². The van der Waals surface area contributed by atoms with Gasteiger partial charge in [0.15, 0.2) is 5.69 Å². The van der Waals surface area contributed by atoms with Gasteiger partial charge in [0.25, 0.3) is 11.8 Å². The zero-order valence-electron chi connectivity index (χ0n) is 13.6. The monoisotopic (exact) mass is 369 g/mol. The van der Waals surface area contributed by atoms with E-state index in [0.717, 1.165) is 4.68 Å². The lowest BCUT2D eigenvalue weighted by Gasteiger charge is -2.11. The van der Waals surface area contributed by atoms with Crippen LogP contribution in [0.1, 0.15) is 33.5 Å². The molecule has 0 saturated carbocycles. The Labute approximate surface area is 145 Å². The first kappa shape index (κ1) is 19.0. The maximum absolute atomic E-state index is 12.7. The van der Waals surface area contributed by atoms with Crippen molar-refractivity contribution in [1.82, 2.24) is 20.6 Å². The Hall–Kier alpha value is -3.37. The molecule has 2 rings (SSSR count). The van der Waals surface area contributed by atoms with Crippen molar-refractivity contribution in [3.63, 3.8) is 0 Å². The molecule has 0 saturated heterocycles. The molecule has 0 fully saturated rings. The van der Waals surface area contributed by atoms with Crippen molar-refractivity contribution in [2.45, 2.75) is 13.1 Å². The average Bonchev–Trinajstić information content (AvgIpc) is 2.95. The van der Waals surface area contributed by atoms with Gasteiger partial charge in [-0.1, -0.05) is 12.1 Å². The van der Waals surface area contributed by atoms with Crippen molar-refractivity contribution in [2.75, 3.05) is 5.32 Å². The highest BCUT2D eigenvalue weighted by Gasteiger charge is 2.35. The first-order chi connectivity index (χ1) is 12.1. The van der Waals surface area contributed by atoms with Gasteiger partial charge in [-0.05, 0) is 12.1 Å². The summed E-state index contributed by atoms with van der Waals surface area (Å²) in [6.45, 7) is 1.19. The van der Waals surface area contributed by atoms with Crippen molar-refractivity contribution in [1.29, 1.82) is 0 Å². The molecule has 1 aromatic carbocycles. The van der Waals surface area contributed by atoms with Gasteiger partial charge in [0.05, 0.1) is 11.3 Å². The third-order valence-corrected chi connectivity index (χ3v) is 3.17. The quantitative estimate of drug-likeness (QED) is 0.713. The molecule has 0 spiro atoms. The van der Waals surface area contributed by atoms with E-state index in [1.807, 2.05) is 0 Å². The minimum atomic E-state index is -4.69. The molecule has 1 heterocycles. The maximum atomic E-state index is 12.7. The molecule has 0 radical (unpaired) electrons. The topological polar surface area (TPSA) is 105 Å². The lowest BCUT2D eigenvalue weighted by Crippen LogP contribution is -2.40. The molecule has 26 heavy (non-hydrogen) atoms. The number of para-hydroxylation sites is 1. The molecule has 0 aliphatic heterocycles. The standard InChI is InChI=1S/C15H14F3N5O3/c1-8(24)20-21-13(25)9-5-3-4-6-10(9)19-14(26)11-7-12(15(16,17)18)22-23(11)2/h3-7H,1-2H3,(H,19,26)(H,20,24)(H,21,25). The highest BCUT2D eigenvalue weighted by Crippen LogP contribution is 2.28. The number of nitrogens with one attached hydrogen (secondary N) is 3. The van der Waals surface area contributed by atoms with E-state index in [-0.39, 0.29) is 16.9 Å². The fourth-order valence-electron chi connectivity index (χ4n) is 2.01. The Morgan fingerprint density at radius 1 is 1.08 bits per heavy atom. The van der Waals surface area contributed by atoms with Gasteiger partial charge in [0.2, 0.25) is 5.91 Å². The van der Waals surface area contributed by atoms with E-state index in [0.29, 0.717) is 6.07 Å². The first-order valence-electron chi connectivity index (χ1n) is 7.18. The fraction of sp³-hybridized carbons (Fsp3) is 0.200. The summed E-state index contributed by atoms with van der Waals surface area (Å²) >= 11 is 0. The Bertz CT molecular complexity index is 860. The third-order valence-electron chi connectivity index (χ3n) is 3.17. The second-order valence-corrected chi connectivity index (χ2v) is 5.17. The highest BCUT2D eigenvalue weighted by molar-refractivity contribution is 6.08. The molecule has 3 N–H and O–H groups in total. The number of alkyl halides is 3. The van der Waals surface area contributed by atoms with Crippen LogP contribution in [0.3, 0.4) is 0 Å². The number of aryl methyl sites for hydroxylation is 1.